The highest BCUT2D eigenvalue weighted by atomic mass is 19.1. The number of halogens is 2. The first-order valence-corrected chi connectivity index (χ1v) is 8.68. The Hall–Kier alpha value is -3.39. The lowest BCUT2D eigenvalue weighted by molar-refractivity contribution is -0.127. The number of aromatic nitrogens is 1. The zero-order valence-electron chi connectivity index (χ0n) is 15.4. The Morgan fingerprint density at radius 3 is 2.71 bits per heavy atom. The van der Waals surface area contributed by atoms with Gasteiger partial charge in [-0.1, -0.05) is 5.92 Å². The topological polar surface area (TPSA) is 103 Å². The molecule has 0 bridgehead atoms. The van der Waals surface area contributed by atoms with Gasteiger partial charge in [0.2, 0.25) is 0 Å². The highest BCUT2D eigenvalue weighted by molar-refractivity contribution is 6.08. The van der Waals surface area contributed by atoms with Crippen LogP contribution in [0.15, 0.2) is 6.07 Å². The Morgan fingerprint density at radius 1 is 1.39 bits per heavy atom. The van der Waals surface area contributed by atoms with Gasteiger partial charge in [-0.15, -0.1) is 0 Å². The molecule has 2 atom stereocenters. The molecule has 28 heavy (non-hydrogen) atoms. The van der Waals surface area contributed by atoms with E-state index in [2.05, 4.69) is 16.8 Å². The fourth-order valence-corrected chi connectivity index (χ4v) is 3.82. The van der Waals surface area contributed by atoms with E-state index < -0.39 is 29.7 Å². The molecule has 0 saturated carbocycles. The number of aromatic amines is 1. The Balaban J connectivity index is 2.22. The van der Waals surface area contributed by atoms with Gasteiger partial charge in [-0.25, -0.2) is 8.78 Å². The number of benzene rings is 1. The van der Waals surface area contributed by atoms with Crippen LogP contribution in [0.5, 0.6) is 0 Å². The number of rotatable bonds is 2. The second-order valence-electron chi connectivity index (χ2n) is 6.79. The number of primary amides is 1. The van der Waals surface area contributed by atoms with Crippen molar-refractivity contribution in [2.45, 2.75) is 32.4 Å². The highest BCUT2D eigenvalue weighted by Crippen LogP contribution is 2.38. The largest absolute Gasteiger partial charge is 0.366 e. The Labute approximate surface area is 160 Å². The van der Waals surface area contributed by atoms with Gasteiger partial charge in [0.15, 0.2) is 0 Å². The molecule has 1 aliphatic heterocycles. The predicted octanol–water partition coefficient (Wildman–Crippen LogP) is 2.26. The molecule has 1 aliphatic rings. The molecule has 1 aromatic carbocycles. The summed E-state index contributed by atoms with van der Waals surface area (Å²) in [6.45, 7) is 3.06. The molecule has 3 rings (SSSR count). The molecule has 0 spiro atoms. The van der Waals surface area contributed by atoms with Crippen molar-refractivity contribution in [1.29, 1.82) is 5.26 Å². The van der Waals surface area contributed by atoms with Crippen LogP contribution < -0.4 is 5.73 Å². The van der Waals surface area contributed by atoms with E-state index in [-0.39, 0.29) is 47.1 Å². The smallest absolute Gasteiger partial charge is 0.298 e. The van der Waals surface area contributed by atoms with Crippen LogP contribution in [0.2, 0.25) is 0 Å². The summed E-state index contributed by atoms with van der Waals surface area (Å²) in [6.07, 6.45) is -1.38. The van der Waals surface area contributed by atoms with Crippen LogP contribution in [0.4, 0.5) is 8.78 Å². The molecule has 1 saturated heterocycles. The van der Waals surface area contributed by atoms with Crippen molar-refractivity contribution in [3.8, 4) is 17.9 Å². The fourth-order valence-electron chi connectivity index (χ4n) is 3.82. The van der Waals surface area contributed by atoms with E-state index >= 15 is 4.39 Å². The zero-order chi connectivity index (χ0) is 20.6. The maximum absolute atomic E-state index is 15.1. The third-order valence-electron chi connectivity index (χ3n) is 4.96. The van der Waals surface area contributed by atoms with Gasteiger partial charge in [0.25, 0.3) is 11.8 Å². The molecule has 2 unspecified atom stereocenters. The number of carbonyl (C=O) groups is 2. The Morgan fingerprint density at radius 2 is 2.11 bits per heavy atom. The van der Waals surface area contributed by atoms with Crippen LogP contribution >= 0.6 is 0 Å². The Bertz CT molecular complexity index is 1090. The minimum absolute atomic E-state index is 0.0135. The molecule has 144 valence electrons. The summed E-state index contributed by atoms with van der Waals surface area (Å²) >= 11 is 0. The lowest BCUT2D eigenvalue weighted by Gasteiger charge is -2.34. The van der Waals surface area contributed by atoms with Crippen LogP contribution in [0, 0.1) is 35.9 Å². The number of hydrogen-bond acceptors (Lipinski definition) is 3. The van der Waals surface area contributed by atoms with E-state index in [9.17, 15) is 19.2 Å². The second kappa shape index (κ2) is 7.32. The average molecular weight is 384 g/mol. The number of nitrogens with zero attached hydrogens (tertiary/aromatic N) is 2. The van der Waals surface area contributed by atoms with E-state index in [1.807, 2.05) is 6.07 Å². The van der Waals surface area contributed by atoms with E-state index in [4.69, 9.17) is 5.73 Å². The minimum Gasteiger partial charge on any atom is -0.366 e. The molecule has 3 N–H and O–H groups in total. The van der Waals surface area contributed by atoms with Crippen LogP contribution in [-0.4, -0.2) is 41.0 Å². The van der Waals surface area contributed by atoms with Gasteiger partial charge in [0.1, 0.15) is 18.1 Å². The van der Waals surface area contributed by atoms with E-state index in [1.54, 1.807) is 6.92 Å². The van der Waals surface area contributed by atoms with Gasteiger partial charge in [-0.2, -0.15) is 5.26 Å². The molecule has 0 aliphatic carbocycles. The van der Waals surface area contributed by atoms with Crippen molar-refractivity contribution in [2.24, 2.45) is 5.73 Å². The maximum Gasteiger partial charge on any atom is 0.298 e. The number of nitriles is 1. The number of H-pyrrole nitrogens is 1. The molecule has 2 heterocycles. The summed E-state index contributed by atoms with van der Waals surface area (Å²) in [5, 5.41) is 9.76. The van der Waals surface area contributed by atoms with Crippen LogP contribution in [0.25, 0.3) is 10.9 Å². The quantitative estimate of drug-likeness (QED) is 0.776. The summed E-state index contributed by atoms with van der Waals surface area (Å²) < 4.78 is 29.5. The Kier molecular flexibility index (Phi) is 5.06. The van der Waals surface area contributed by atoms with Crippen LogP contribution in [0.1, 0.15) is 46.4 Å². The molecule has 6 nitrogen and oxygen atoms in total. The van der Waals surface area contributed by atoms with Crippen LogP contribution in [-0.2, 0) is 4.79 Å². The van der Waals surface area contributed by atoms with Crippen LogP contribution in [0.3, 0.4) is 0 Å². The van der Waals surface area contributed by atoms with E-state index in [0.29, 0.717) is 5.69 Å². The third kappa shape index (κ3) is 3.18. The normalized spacial score (nSPS) is 19.0. The lowest BCUT2D eigenvalue weighted by atomic mass is 9.85. The van der Waals surface area contributed by atoms with Crippen molar-refractivity contribution >= 4 is 22.7 Å². The number of likely N-dealkylation sites (tertiary alicyclic amines) is 1. The summed E-state index contributed by atoms with van der Waals surface area (Å²) in [5.41, 5.74) is 6.23. The number of nitrogens with two attached hydrogens (primary N) is 1. The minimum atomic E-state index is -1.36. The predicted molar refractivity (Wildman–Crippen MR) is 98.5 cm³/mol. The first-order chi connectivity index (χ1) is 13.3. The number of carbonyl (C=O) groups excluding carboxylic acids is 2. The molecular formula is C20H18F2N4O2. The zero-order valence-corrected chi connectivity index (χ0v) is 15.4. The summed E-state index contributed by atoms with van der Waals surface area (Å²) in [4.78, 5) is 28.0. The van der Waals surface area contributed by atoms with Crippen molar-refractivity contribution in [1.82, 2.24) is 9.88 Å². The summed E-state index contributed by atoms with van der Waals surface area (Å²) in [6, 6.07) is 3.01. The van der Waals surface area contributed by atoms with Gasteiger partial charge >= 0.3 is 0 Å². The van der Waals surface area contributed by atoms with Crippen molar-refractivity contribution in [3.63, 3.8) is 0 Å². The molecule has 1 fully saturated rings. The summed E-state index contributed by atoms with van der Waals surface area (Å²) in [5.74, 6) is 2.01. The molecule has 2 amide bonds. The first kappa shape index (κ1) is 19.4. The SMILES string of the molecule is CC#CC(=O)N1CC(F)CC(c2c(F)cc(C(N)=O)c3[nH]c(C)c(C#N)c23)C1. The van der Waals surface area contributed by atoms with Crippen molar-refractivity contribution < 1.29 is 18.4 Å². The first-order valence-electron chi connectivity index (χ1n) is 8.68. The number of piperidine rings is 1. The average Bonchev–Trinajstić information content (AvgIpc) is 2.96. The molecular weight excluding hydrogens is 366 g/mol. The van der Waals surface area contributed by atoms with Gasteiger partial charge < -0.3 is 15.6 Å². The third-order valence-corrected chi connectivity index (χ3v) is 4.96. The second-order valence-corrected chi connectivity index (χ2v) is 6.79. The monoisotopic (exact) mass is 384 g/mol. The van der Waals surface area contributed by atoms with Gasteiger partial charge in [-0.3, -0.25) is 9.59 Å². The van der Waals surface area contributed by atoms with Gasteiger partial charge in [0, 0.05) is 29.1 Å². The number of nitrogens with one attached hydrogen (secondary N) is 1. The number of amides is 2. The van der Waals surface area contributed by atoms with E-state index in [0.717, 1.165) is 6.07 Å². The highest BCUT2D eigenvalue weighted by Gasteiger charge is 2.34. The van der Waals surface area contributed by atoms with E-state index in [1.165, 1.54) is 11.8 Å². The van der Waals surface area contributed by atoms with Crippen molar-refractivity contribution in [2.75, 3.05) is 13.1 Å². The lowest BCUT2D eigenvalue weighted by Crippen LogP contribution is -2.44. The van der Waals surface area contributed by atoms with Gasteiger partial charge in [-0.05, 0) is 32.3 Å². The number of alkyl halides is 1. The number of fused-ring (bicyclic) bond motifs is 1. The standard InChI is InChI=1S/C20H18F2N4O2/c1-3-4-16(27)26-8-11(5-12(21)9-26)17-15(22)6-13(20(24)28)19-18(17)14(7-23)10(2)25-19/h6,11-12,25H,5,8-9H2,1-2H3,(H2,24,28). The molecule has 0 radical (unpaired) electrons. The van der Waals surface area contributed by atoms with Gasteiger partial charge in [0.05, 0.1) is 23.2 Å². The van der Waals surface area contributed by atoms with Crippen molar-refractivity contribution in [3.05, 3.63) is 34.3 Å². The maximum atomic E-state index is 15.1. The summed E-state index contributed by atoms with van der Waals surface area (Å²) in [7, 11) is 0. The number of aryl methyl sites for hydroxylation is 1. The molecule has 2 aromatic rings. The molecule has 1 aromatic heterocycles. The molecule has 8 heteroatoms. The number of hydrogen-bond donors (Lipinski definition) is 2. The fraction of sp³-hybridized carbons (Fsp3) is 0.350.